The predicted octanol–water partition coefficient (Wildman–Crippen LogP) is 4.30. The molecular weight excluding hydrogens is 526 g/mol. The van der Waals surface area contributed by atoms with Gasteiger partial charge in [-0.3, -0.25) is 9.11 Å². The molecule has 4 aromatic rings. The standard InChI is InChI=1S/C28H23NO7S2/c1-16-7-10-21-24(13-16)36-25-14-19(29-28-17(2)5-4-6-18(28)3)8-11-22(25)27(21)23-12-9-20(37(30,31)32)15-26(23)38(33,34)35/h4-15,29H,1H2,2-3H3,(H,30,31,32)(H,33,34,35). The lowest BCUT2D eigenvalue weighted by Gasteiger charge is -2.23. The number of anilines is 2. The second kappa shape index (κ2) is 9.10. The van der Waals surface area contributed by atoms with Crippen LogP contribution in [-0.4, -0.2) is 25.9 Å². The topological polar surface area (TPSA) is 130 Å². The molecule has 38 heavy (non-hydrogen) atoms. The monoisotopic (exact) mass is 549 g/mol. The van der Waals surface area contributed by atoms with Crippen LogP contribution in [0.2, 0.25) is 0 Å². The Labute approximate surface area is 220 Å². The van der Waals surface area contributed by atoms with Crippen molar-refractivity contribution in [3.8, 4) is 11.5 Å². The number of benzene rings is 4. The Bertz CT molecular complexity index is 1940. The van der Waals surface area contributed by atoms with Gasteiger partial charge in [0.2, 0.25) is 0 Å². The molecule has 0 spiro atoms. The smallest absolute Gasteiger partial charge is 0.295 e. The number of hydrogen-bond acceptors (Lipinski definition) is 6. The molecule has 0 atom stereocenters. The summed E-state index contributed by atoms with van der Waals surface area (Å²) in [5.74, 6) is 0.818. The highest BCUT2D eigenvalue weighted by atomic mass is 32.2. The van der Waals surface area contributed by atoms with Crippen molar-refractivity contribution in [3.05, 3.63) is 105 Å². The zero-order chi connectivity index (χ0) is 27.4. The highest BCUT2D eigenvalue weighted by Crippen LogP contribution is 2.40. The Morgan fingerprint density at radius 3 is 2.11 bits per heavy atom. The van der Waals surface area contributed by atoms with E-state index in [1.807, 2.05) is 38.1 Å². The maximum atomic E-state index is 12.4. The molecule has 0 fully saturated rings. The van der Waals surface area contributed by atoms with Crippen LogP contribution in [-0.2, 0) is 20.2 Å². The molecule has 4 aromatic carbocycles. The third kappa shape index (κ3) is 4.70. The van der Waals surface area contributed by atoms with Gasteiger partial charge in [0.1, 0.15) is 16.4 Å². The van der Waals surface area contributed by atoms with Gasteiger partial charge in [0, 0.05) is 39.4 Å². The summed E-state index contributed by atoms with van der Waals surface area (Å²) in [7, 11) is -9.63. The van der Waals surface area contributed by atoms with Crippen molar-refractivity contribution >= 4 is 43.8 Å². The fraction of sp³-hybridized carbons (Fsp3) is 0.0714. The molecule has 0 saturated heterocycles. The van der Waals surface area contributed by atoms with Crippen molar-refractivity contribution in [1.29, 1.82) is 0 Å². The van der Waals surface area contributed by atoms with Gasteiger partial charge in [0.05, 0.1) is 4.90 Å². The largest absolute Gasteiger partial charge is 0.456 e. The minimum absolute atomic E-state index is 0.0398. The average molecular weight is 550 g/mol. The van der Waals surface area contributed by atoms with E-state index in [-0.39, 0.29) is 5.56 Å². The number of ether oxygens (including phenoxy) is 1. The molecule has 0 saturated carbocycles. The zero-order valence-electron chi connectivity index (χ0n) is 20.4. The van der Waals surface area contributed by atoms with Gasteiger partial charge >= 0.3 is 0 Å². The van der Waals surface area contributed by atoms with Gasteiger partial charge in [-0.2, -0.15) is 16.8 Å². The van der Waals surface area contributed by atoms with Gasteiger partial charge in [-0.15, -0.1) is 0 Å². The molecule has 0 unspecified atom stereocenters. The number of fused-ring (bicyclic) bond motifs is 2. The van der Waals surface area contributed by atoms with Crippen LogP contribution in [0, 0.1) is 13.8 Å². The first-order valence-corrected chi connectivity index (χ1v) is 14.3. The average Bonchev–Trinajstić information content (AvgIpc) is 2.83. The second-order valence-electron chi connectivity index (χ2n) is 9.02. The van der Waals surface area contributed by atoms with E-state index < -0.39 is 30.0 Å². The maximum Gasteiger partial charge on any atom is 0.295 e. The van der Waals surface area contributed by atoms with Crippen LogP contribution in [0.15, 0.2) is 82.6 Å². The van der Waals surface area contributed by atoms with Crippen LogP contribution >= 0.6 is 0 Å². The lowest BCUT2D eigenvalue weighted by Crippen LogP contribution is -2.21. The summed E-state index contributed by atoms with van der Waals surface area (Å²) in [6, 6.07) is 19.5. The van der Waals surface area contributed by atoms with Gasteiger partial charge < -0.3 is 10.1 Å². The maximum absolute atomic E-state index is 12.4. The molecule has 0 aromatic heterocycles. The number of rotatable bonds is 5. The third-order valence-electron chi connectivity index (χ3n) is 6.33. The highest BCUT2D eigenvalue weighted by molar-refractivity contribution is 7.86. The van der Waals surface area contributed by atoms with E-state index in [0.29, 0.717) is 33.1 Å². The van der Waals surface area contributed by atoms with Crippen LogP contribution in [0.5, 0.6) is 11.5 Å². The Kier molecular flexibility index (Phi) is 6.15. The minimum Gasteiger partial charge on any atom is -0.456 e. The number of hydrogen-bond donors (Lipinski definition) is 3. The molecule has 5 rings (SSSR count). The molecule has 1 heterocycles. The number of para-hydroxylation sites is 1. The SMILES string of the molecule is C=c1ccc2c(c1)Oc1cc(Nc3c(C)cccc3C)ccc1C=2c1ccc(S(=O)(=O)O)cc1S(=O)(=O)O. The van der Waals surface area contributed by atoms with Crippen molar-refractivity contribution in [3.63, 3.8) is 0 Å². The number of aryl methyl sites for hydroxylation is 2. The van der Waals surface area contributed by atoms with E-state index in [1.54, 1.807) is 30.3 Å². The van der Waals surface area contributed by atoms with E-state index >= 15 is 0 Å². The van der Waals surface area contributed by atoms with Gasteiger partial charge in [-0.25, -0.2) is 0 Å². The van der Waals surface area contributed by atoms with Crippen molar-refractivity contribution in [1.82, 2.24) is 0 Å². The fourth-order valence-corrected chi connectivity index (χ4v) is 5.85. The Balaban J connectivity index is 1.77. The molecule has 10 heteroatoms. The Morgan fingerprint density at radius 1 is 0.763 bits per heavy atom. The molecule has 0 radical (unpaired) electrons. The van der Waals surface area contributed by atoms with Crippen molar-refractivity contribution in [2.45, 2.75) is 23.6 Å². The van der Waals surface area contributed by atoms with Gasteiger partial charge in [0.15, 0.2) is 0 Å². The first-order chi connectivity index (χ1) is 17.8. The van der Waals surface area contributed by atoms with Gasteiger partial charge in [-0.05, 0) is 60.5 Å². The fourth-order valence-electron chi connectivity index (χ4n) is 4.54. The van der Waals surface area contributed by atoms with Crippen LogP contribution in [0.3, 0.4) is 0 Å². The van der Waals surface area contributed by atoms with Crippen LogP contribution < -0.4 is 20.5 Å². The van der Waals surface area contributed by atoms with E-state index in [0.717, 1.165) is 34.6 Å². The Hall–Kier alpha value is -3.96. The van der Waals surface area contributed by atoms with Crippen LogP contribution in [0.1, 0.15) is 22.3 Å². The molecular formula is C28H23NO7S2. The van der Waals surface area contributed by atoms with Crippen molar-refractivity contribution in [2.75, 3.05) is 5.32 Å². The normalized spacial score (nSPS) is 12.9. The van der Waals surface area contributed by atoms with Crippen molar-refractivity contribution in [2.24, 2.45) is 0 Å². The molecule has 8 nitrogen and oxygen atoms in total. The summed E-state index contributed by atoms with van der Waals surface area (Å²) >= 11 is 0. The minimum atomic E-state index is -4.90. The second-order valence-corrected chi connectivity index (χ2v) is 11.8. The van der Waals surface area contributed by atoms with Crippen LogP contribution in [0.25, 0.3) is 12.2 Å². The number of nitrogens with one attached hydrogen (secondary N) is 1. The molecule has 1 aliphatic rings. The molecule has 1 aliphatic heterocycles. The van der Waals surface area contributed by atoms with E-state index in [9.17, 15) is 25.9 Å². The van der Waals surface area contributed by atoms with Gasteiger partial charge in [0.25, 0.3) is 20.2 Å². The summed E-state index contributed by atoms with van der Waals surface area (Å²) in [6.07, 6.45) is 0. The molecule has 0 amide bonds. The first kappa shape index (κ1) is 25.7. The van der Waals surface area contributed by atoms with E-state index in [2.05, 4.69) is 11.9 Å². The molecule has 0 aliphatic carbocycles. The third-order valence-corrected chi connectivity index (χ3v) is 8.08. The van der Waals surface area contributed by atoms with Crippen molar-refractivity contribution < 1.29 is 30.7 Å². The quantitative estimate of drug-likeness (QED) is 0.277. The molecule has 3 N–H and O–H groups in total. The summed E-state index contributed by atoms with van der Waals surface area (Å²) in [4.78, 5) is -1.33. The summed E-state index contributed by atoms with van der Waals surface area (Å²) < 4.78 is 73.9. The van der Waals surface area contributed by atoms with Crippen LogP contribution in [0.4, 0.5) is 11.4 Å². The lowest BCUT2D eigenvalue weighted by molar-refractivity contribution is 0.471. The highest BCUT2D eigenvalue weighted by Gasteiger charge is 2.27. The van der Waals surface area contributed by atoms with Gasteiger partial charge in [-0.1, -0.05) is 43.0 Å². The first-order valence-electron chi connectivity index (χ1n) is 11.4. The Morgan fingerprint density at radius 2 is 1.45 bits per heavy atom. The summed E-state index contributed by atoms with van der Waals surface area (Å²) in [6.45, 7) is 7.93. The molecule has 194 valence electrons. The lowest BCUT2D eigenvalue weighted by atomic mass is 9.92. The zero-order valence-corrected chi connectivity index (χ0v) is 22.0. The summed E-state index contributed by atoms with van der Waals surface area (Å²) in [5, 5.41) is 4.59. The van der Waals surface area contributed by atoms with E-state index in [4.69, 9.17) is 4.74 Å². The molecule has 0 bridgehead atoms. The predicted molar refractivity (Wildman–Crippen MR) is 145 cm³/mol. The van der Waals surface area contributed by atoms with E-state index in [1.165, 1.54) is 6.07 Å². The summed E-state index contributed by atoms with van der Waals surface area (Å²) in [5.41, 5.74) is 4.74.